The third kappa shape index (κ3) is 7.56. The lowest BCUT2D eigenvalue weighted by atomic mass is 9.46. The average molecular weight is 988 g/mol. The van der Waals surface area contributed by atoms with Gasteiger partial charge in [0.05, 0.1) is 11.8 Å². The summed E-state index contributed by atoms with van der Waals surface area (Å²) in [6.07, 6.45) is 3.54. The first-order valence-electron chi connectivity index (χ1n) is 16.4. The van der Waals surface area contributed by atoms with Crippen molar-refractivity contribution in [3.8, 4) is 11.5 Å². The molecule has 2 bridgehead atoms. The van der Waals surface area contributed by atoms with Crippen LogP contribution in [0.3, 0.4) is 0 Å². The number of carboxylic acids is 1. The van der Waals surface area contributed by atoms with Gasteiger partial charge in [-0.1, -0.05) is 37.1 Å². The van der Waals surface area contributed by atoms with Crippen molar-refractivity contribution in [1.82, 2.24) is 0 Å². The maximum atomic E-state index is 14.4. The van der Waals surface area contributed by atoms with Crippen molar-refractivity contribution < 1.29 is 69.0 Å². The first-order chi connectivity index (χ1) is 25.1. The van der Waals surface area contributed by atoms with Crippen LogP contribution in [0, 0.1) is 54.1 Å². The Labute approximate surface area is 327 Å². The van der Waals surface area contributed by atoms with Crippen LogP contribution in [0.1, 0.15) is 59.0 Å². The molecular weight excluding hydrogens is 958 g/mol. The van der Waals surface area contributed by atoms with Gasteiger partial charge < -0.3 is 24.1 Å². The summed E-state index contributed by atoms with van der Waals surface area (Å²) in [6, 6.07) is 10.4. The van der Waals surface area contributed by atoms with Gasteiger partial charge in [-0.05, 0) is 93.1 Å². The number of hydrogen-bond donors (Lipinski definition) is 2. The van der Waals surface area contributed by atoms with Gasteiger partial charge in [-0.3, -0.25) is 14.1 Å². The minimum atomic E-state index is -4.47. The van der Waals surface area contributed by atoms with E-state index in [0.29, 0.717) is 0 Å². The lowest BCUT2D eigenvalue weighted by molar-refractivity contribution is -0.171. The summed E-state index contributed by atoms with van der Waals surface area (Å²) < 4.78 is 112. The van der Waals surface area contributed by atoms with Crippen LogP contribution in [0.15, 0.2) is 41.3 Å². The van der Waals surface area contributed by atoms with Gasteiger partial charge in [-0.15, -0.1) is 0 Å². The molecule has 0 spiro atoms. The zero-order valence-electron chi connectivity index (χ0n) is 27.3. The molecule has 6 unspecified atom stereocenters. The molecule has 2 N–H and O–H groups in total. The third-order valence-electron chi connectivity index (χ3n) is 10.1. The molecule has 6 atom stereocenters. The van der Waals surface area contributed by atoms with E-state index in [2.05, 4.69) is 0 Å². The lowest BCUT2D eigenvalue weighted by Gasteiger charge is -2.57. The molecule has 7 rings (SSSR count). The molecule has 0 aromatic heterocycles. The molecule has 3 aromatic rings. The molecule has 284 valence electrons. The highest BCUT2D eigenvalue weighted by Gasteiger charge is 2.61. The molecule has 4 aliphatic carbocycles. The number of hydrogen-bond acceptors (Lipinski definition) is 9. The second kappa shape index (κ2) is 15.9. The van der Waals surface area contributed by atoms with E-state index in [1.165, 1.54) is 12.1 Å². The van der Waals surface area contributed by atoms with E-state index in [-0.39, 0.29) is 48.8 Å². The summed E-state index contributed by atoms with van der Waals surface area (Å²) >= 11 is 3.50. The number of rotatable bonds is 12. The zero-order chi connectivity index (χ0) is 38.4. The highest BCUT2D eigenvalue weighted by Crippen LogP contribution is 2.64. The quantitative estimate of drug-likeness (QED) is 0.0487. The Morgan fingerprint density at radius 3 is 1.62 bits per heavy atom. The van der Waals surface area contributed by atoms with Crippen LogP contribution in [0.25, 0.3) is 0 Å². The predicted molar refractivity (Wildman–Crippen MR) is 192 cm³/mol. The van der Waals surface area contributed by atoms with Gasteiger partial charge in [-0.25, -0.2) is 13.6 Å². The van der Waals surface area contributed by atoms with Gasteiger partial charge in [-0.2, -0.15) is 17.2 Å². The van der Waals surface area contributed by atoms with Crippen molar-refractivity contribution >= 4 is 73.2 Å². The Hall–Kier alpha value is -3.24. The van der Waals surface area contributed by atoms with Crippen molar-refractivity contribution in [2.45, 2.75) is 42.4 Å². The fourth-order valence-corrected chi connectivity index (χ4v) is 12.2. The smallest absolute Gasteiger partial charge is 0.341 e. The fourth-order valence-electron chi connectivity index (χ4n) is 8.18. The Bertz CT molecular complexity index is 2030. The molecule has 18 heteroatoms. The topological polar surface area (TPSA) is 163 Å². The minimum Gasteiger partial charge on any atom is -0.490 e. The second-order valence-corrected chi connectivity index (χ2v) is 16.5. The number of benzene rings is 3. The van der Waals surface area contributed by atoms with E-state index in [1.807, 2.05) is 24.3 Å². The summed E-state index contributed by atoms with van der Waals surface area (Å²) in [6.45, 7) is -1.74. The molecule has 2 fully saturated rings. The van der Waals surface area contributed by atoms with Crippen molar-refractivity contribution in [2.24, 2.45) is 23.7 Å². The van der Waals surface area contributed by atoms with Crippen LogP contribution in [-0.4, -0.2) is 62.4 Å². The molecule has 4 aliphatic rings. The minimum absolute atomic E-state index is 0.0578. The Morgan fingerprint density at radius 1 is 0.736 bits per heavy atom. The van der Waals surface area contributed by atoms with Gasteiger partial charge >= 0.3 is 17.9 Å². The summed E-state index contributed by atoms with van der Waals surface area (Å²) in [4.78, 5) is 38.7. The molecule has 53 heavy (non-hydrogen) atoms. The average Bonchev–Trinajstić information content (AvgIpc) is 3.10. The lowest BCUT2D eigenvalue weighted by Crippen LogP contribution is -2.55. The number of halogens is 6. The van der Waals surface area contributed by atoms with Crippen LogP contribution in [0.4, 0.5) is 17.6 Å². The molecular formula is C35H30F4I2O11S. The summed E-state index contributed by atoms with van der Waals surface area (Å²) in [5.41, 5.74) is 0.0299. The van der Waals surface area contributed by atoms with E-state index in [0.717, 1.165) is 36.8 Å². The number of aromatic carboxylic acids is 1. The van der Waals surface area contributed by atoms with E-state index in [1.54, 1.807) is 45.2 Å². The van der Waals surface area contributed by atoms with Crippen LogP contribution in [-0.2, 0) is 29.2 Å². The molecule has 11 nitrogen and oxygen atoms in total. The van der Waals surface area contributed by atoms with Crippen molar-refractivity contribution in [1.29, 1.82) is 0 Å². The third-order valence-corrected chi connectivity index (χ3v) is 13.4. The maximum Gasteiger partial charge on any atom is 0.341 e. The number of carbonyl (C=O) groups excluding carboxylic acids is 2. The van der Waals surface area contributed by atoms with E-state index in [4.69, 9.17) is 24.1 Å². The normalized spacial score (nSPS) is 23.1. The predicted octanol–water partition coefficient (Wildman–Crippen LogP) is 6.87. The van der Waals surface area contributed by atoms with Crippen molar-refractivity contribution in [3.63, 3.8) is 0 Å². The highest BCUT2D eigenvalue weighted by molar-refractivity contribution is 14.1. The van der Waals surface area contributed by atoms with E-state index >= 15 is 0 Å². The highest BCUT2D eigenvalue weighted by atomic mass is 127. The number of fused-ring (bicyclic) bond motifs is 1. The van der Waals surface area contributed by atoms with Gasteiger partial charge in [0.25, 0.3) is 10.1 Å². The first-order valence-corrected chi connectivity index (χ1v) is 20.0. The van der Waals surface area contributed by atoms with Gasteiger partial charge in [0, 0.05) is 19.0 Å². The number of carbonyl (C=O) groups is 3. The number of ether oxygens (including phenoxy) is 4. The zero-order valence-corrected chi connectivity index (χ0v) is 32.5. The Morgan fingerprint density at radius 2 is 1.19 bits per heavy atom. The monoisotopic (exact) mass is 988 g/mol. The van der Waals surface area contributed by atoms with Crippen molar-refractivity contribution in [3.05, 3.63) is 83.5 Å². The largest absolute Gasteiger partial charge is 0.490 e. The number of esters is 2. The fraction of sp³-hybridized carbons (Fsp3) is 0.400. The maximum absolute atomic E-state index is 14.4. The van der Waals surface area contributed by atoms with Crippen LogP contribution >= 0.6 is 45.2 Å². The summed E-state index contributed by atoms with van der Waals surface area (Å²) in [7, 11) is -4.47. The van der Waals surface area contributed by atoms with Crippen molar-refractivity contribution in [2.75, 3.05) is 26.4 Å². The van der Waals surface area contributed by atoms with Gasteiger partial charge in [0.15, 0.2) is 17.4 Å². The van der Waals surface area contributed by atoms with E-state index in [9.17, 15) is 44.9 Å². The molecule has 2 saturated carbocycles. The van der Waals surface area contributed by atoms with Crippen LogP contribution in [0.2, 0.25) is 0 Å². The van der Waals surface area contributed by atoms with Crippen LogP contribution < -0.4 is 9.47 Å². The second-order valence-electron chi connectivity index (χ2n) is 12.8. The molecule has 3 aromatic carbocycles. The molecule has 0 aliphatic heterocycles. The van der Waals surface area contributed by atoms with Gasteiger partial charge in [0.1, 0.15) is 42.6 Å². The van der Waals surface area contributed by atoms with Crippen LogP contribution in [0.5, 0.6) is 11.5 Å². The van der Waals surface area contributed by atoms with Gasteiger partial charge in [0.2, 0.25) is 11.6 Å². The molecule has 0 radical (unpaired) electrons. The standard InChI is InChI=1S/C35H30F4I2O11S/c36-27-26(33(42)43)28(37)30(39)31(29(27)38)50-10-12-52-35(45)25-23-18-7-3-1-5-16(18)22(17-6-2-4-8-19(17)23)24(25)34(44)51-11-9-49-15-13-20(40)32(21(41)14-15)53(46,47)48/h1,3,5,7,13-14,17,19,22-25H,2,4,6,8-12H2,(H,42,43)(H,46,47,48). The first kappa shape index (κ1) is 39.5. The number of carboxylic acid groups (broad SMARTS) is 1. The summed E-state index contributed by atoms with van der Waals surface area (Å²) in [5, 5.41) is 8.91. The SMILES string of the molecule is O=C(O)c1c(F)c(F)c(OCCOC(=O)C2C(C(=O)OCCOc3cc(I)c(S(=O)(=O)O)c(I)c3)C3c4ccccc4C2C2CCCCC23)c(F)c1F. The summed E-state index contributed by atoms with van der Waals surface area (Å²) in [5.74, 6) is -16.0. The molecule has 0 amide bonds. The Balaban J connectivity index is 1.19. The molecule has 0 heterocycles. The van der Waals surface area contributed by atoms with E-state index < -0.39 is 93.6 Å². The Kier molecular flexibility index (Phi) is 11.8. The molecule has 0 saturated heterocycles.